The molecular formula is C19H18Br2O2S2. The van der Waals surface area contributed by atoms with Crippen molar-refractivity contribution in [2.75, 3.05) is 23.0 Å². The van der Waals surface area contributed by atoms with Gasteiger partial charge in [-0.3, -0.25) is 9.59 Å². The summed E-state index contributed by atoms with van der Waals surface area (Å²) in [6.07, 6.45) is 0.997. The number of carbonyl (C=O) groups excluding carboxylic acids is 2. The van der Waals surface area contributed by atoms with Gasteiger partial charge in [0.15, 0.2) is 11.6 Å². The average molecular weight is 502 g/mol. The van der Waals surface area contributed by atoms with Crippen LogP contribution in [0.3, 0.4) is 0 Å². The lowest BCUT2D eigenvalue weighted by Crippen LogP contribution is -2.04. The third-order valence-electron chi connectivity index (χ3n) is 3.38. The van der Waals surface area contributed by atoms with Crippen LogP contribution in [0.4, 0.5) is 0 Å². The number of carbonyl (C=O) groups is 2. The Kier molecular flexibility index (Phi) is 9.31. The molecule has 2 aromatic rings. The molecule has 0 heterocycles. The van der Waals surface area contributed by atoms with Gasteiger partial charge in [0.05, 0.1) is 11.5 Å². The van der Waals surface area contributed by atoms with Crippen LogP contribution in [0.1, 0.15) is 27.1 Å². The number of benzene rings is 2. The van der Waals surface area contributed by atoms with Gasteiger partial charge < -0.3 is 0 Å². The van der Waals surface area contributed by atoms with Gasteiger partial charge in [0.2, 0.25) is 0 Å². The molecule has 0 unspecified atom stereocenters. The van der Waals surface area contributed by atoms with Crippen molar-refractivity contribution in [1.29, 1.82) is 0 Å². The maximum atomic E-state index is 12.0. The van der Waals surface area contributed by atoms with Crippen LogP contribution >= 0.6 is 55.4 Å². The molecule has 0 bridgehead atoms. The van der Waals surface area contributed by atoms with E-state index in [0.717, 1.165) is 38.0 Å². The highest BCUT2D eigenvalue weighted by atomic mass is 79.9. The molecule has 6 heteroatoms. The molecule has 0 saturated carbocycles. The molecule has 0 aromatic heterocycles. The molecule has 0 atom stereocenters. The van der Waals surface area contributed by atoms with Crippen LogP contribution in [0.25, 0.3) is 0 Å². The molecule has 2 rings (SSSR count). The fourth-order valence-corrected chi connectivity index (χ4v) is 4.43. The molecule has 0 N–H and O–H groups in total. The Morgan fingerprint density at radius 2 is 1.04 bits per heavy atom. The SMILES string of the molecule is O=C(CSCCCSCC(=O)c1ccc(Br)cc1)c1ccc(Br)cc1. The quantitative estimate of drug-likeness (QED) is 0.289. The molecule has 0 fully saturated rings. The first-order valence-electron chi connectivity index (χ1n) is 7.79. The van der Waals surface area contributed by atoms with E-state index >= 15 is 0 Å². The second kappa shape index (κ2) is 11.2. The van der Waals surface area contributed by atoms with E-state index < -0.39 is 0 Å². The van der Waals surface area contributed by atoms with Crippen molar-refractivity contribution in [3.8, 4) is 0 Å². The smallest absolute Gasteiger partial charge is 0.172 e. The molecular weight excluding hydrogens is 484 g/mol. The van der Waals surface area contributed by atoms with E-state index in [1.165, 1.54) is 0 Å². The number of halogens is 2. The van der Waals surface area contributed by atoms with Crippen molar-refractivity contribution in [3.63, 3.8) is 0 Å². The van der Waals surface area contributed by atoms with E-state index in [2.05, 4.69) is 31.9 Å². The highest BCUT2D eigenvalue weighted by Gasteiger charge is 2.07. The zero-order chi connectivity index (χ0) is 18.1. The summed E-state index contributed by atoms with van der Waals surface area (Å²) in [6, 6.07) is 14.9. The second-order valence-electron chi connectivity index (χ2n) is 5.32. The number of hydrogen-bond donors (Lipinski definition) is 0. The summed E-state index contributed by atoms with van der Waals surface area (Å²) in [7, 11) is 0. The molecule has 0 aliphatic carbocycles. The van der Waals surface area contributed by atoms with Crippen LogP contribution in [-0.4, -0.2) is 34.6 Å². The number of Topliss-reactive ketones (excluding diaryl/α,β-unsaturated/α-hetero) is 2. The maximum Gasteiger partial charge on any atom is 0.172 e. The lowest BCUT2D eigenvalue weighted by molar-refractivity contribution is 0.101. The summed E-state index contributed by atoms with van der Waals surface area (Å²) in [5, 5.41) is 0. The highest BCUT2D eigenvalue weighted by molar-refractivity contribution is 9.10. The molecule has 0 amide bonds. The molecule has 0 radical (unpaired) electrons. The average Bonchev–Trinajstić information content (AvgIpc) is 2.61. The van der Waals surface area contributed by atoms with Crippen molar-refractivity contribution >= 4 is 67.0 Å². The van der Waals surface area contributed by atoms with Gasteiger partial charge in [-0.15, -0.1) is 0 Å². The Labute approximate surface area is 173 Å². The molecule has 0 aliphatic rings. The topological polar surface area (TPSA) is 34.1 Å². The van der Waals surface area contributed by atoms with Crippen LogP contribution < -0.4 is 0 Å². The minimum Gasteiger partial charge on any atom is -0.293 e. The van der Waals surface area contributed by atoms with Crippen molar-refractivity contribution in [2.45, 2.75) is 6.42 Å². The number of rotatable bonds is 10. The van der Waals surface area contributed by atoms with Crippen molar-refractivity contribution in [2.24, 2.45) is 0 Å². The standard InChI is InChI=1S/C19H18Br2O2S2/c20-16-6-2-14(3-7-16)18(22)12-24-10-1-11-25-13-19(23)15-4-8-17(21)9-5-15/h2-9H,1,10-13H2. The van der Waals surface area contributed by atoms with Crippen LogP contribution in [0.5, 0.6) is 0 Å². The molecule has 0 spiro atoms. The van der Waals surface area contributed by atoms with Crippen LogP contribution in [0.15, 0.2) is 57.5 Å². The predicted octanol–water partition coefficient (Wildman–Crippen LogP) is 6.13. The highest BCUT2D eigenvalue weighted by Crippen LogP contribution is 2.16. The van der Waals surface area contributed by atoms with Crippen LogP contribution in [0, 0.1) is 0 Å². The molecule has 0 aliphatic heterocycles. The monoisotopic (exact) mass is 500 g/mol. The fourth-order valence-electron chi connectivity index (χ4n) is 2.03. The Balaban J connectivity index is 1.56. The molecule has 25 heavy (non-hydrogen) atoms. The Hall–Kier alpha value is -0.560. The largest absolute Gasteiger partial charge is 0.293 e. The van der Waals surface area contributed by atoms with E-state index in [-0.39, 0.29) is 11.6 Å². The van der Waals surface area contributed by atoms with E-state index in [4.69, 9.17) is 0 Å². The van der Waals surface area contributed by atoms with Gasteiger partial charge in [0, 0.05) is 20.1 Å². The van der Waals surface area contributed by atoms with E-state index in [9.17, 15) is 9.59 Å². The summed E-state index contributed by atoms with van der Waals surface area (Å²) in [5.74, 6) is 3.20. The van der Waals surface area contributed by atoms with Crippen molar-refractivity contribution < 1.29 is 9.59 Å². The Bertz CT molecular complexity index is 639. The Morgan fingerprint density at radius 1 is 0.680 bits per heavy atom. The predicted molar refractivity (Wildman–Crippen MR) is 116 cm³/mol. The summed E-state index contributed by atoms with van der Waals surface area (Å²) in [6.45, 7) is 0. The maximum absolute atomic E-state index is 12.0. The second-order valence-corrected chi connectivity index (χ2v) is 9.36. The number of thioether (sulfide) groups is 2. The minimum absolute atomic E-state index is 0.163. The van der Waals surface area contributed by atoms with Gasteiger partial charge in [-0.1, -0.05) is 56.1 Å². The summed E-state index contributed by atoms with van der Waals surface area (Å²) in [5.41, 5.74) is 1.51. The molecule has 2 nitrogen and oxygen atoms in total. The van der Waals surface area contributed by atoms with Gasteiger partial charge in [0.1, 0.15) is 0 Å². The first kappa shape index (κ1) is 20.7. The van der Waals surface area contributed by atoms with Gasteiger partial charge in [-0.25, -0.2) is 0 Å². The van der Waals surface area contributed by atoms with Gasteiger partial charge in [0.25, 0.3) is 0 Å². The van der Waals surface area contributed by atoms with Gasteiger partial charge in [-0.2, -0.15) is 23.5 Å². The lowest BCUT2D eigenvalue weighted by atomic mass is 10.2. The molecule has 0 saturated heterocycles. The summed E-state index contributed by atoms with van der Waals surface area (Å²) < 4.78 is 1.96. The zero-order valence-corrected chi connectivity index (χ0v) is 18.3. The summed E-state index contributed by atoms with van der Waals surface area (Å²) >= 11 is 10.0. The van der Waals surface area contributed by atoms with Crippen LogP contribution in [-0.2, 0) is 0 Å². The van der Waals surface area contributed by atoms with E-state index in [1.807, 2.05) is 48.5 Å². The normalized spacial score (nSPS) is 10.6. The van der Waals surface area contributed by atoms with Crippen LogP contribution in [0.2, 0.25) is 0 Å². The third kappa shape index (κ3) is 7.69. The molecule has 2 aromatic carbocycles. The van der Waals surface area contributed by atoms with Crippen molar-refractivity contribution in [1.82, 2.24) is 0 Å². The van der Waals surface area contributed by atoms with E-state index in [1.54, 1.807) is 23.5 Å². The van der Waals surface area contributed by atoms with Gasteiger partial charge in [-0.05, 0) is 42.2 Å². The molecule has 132 valence electrons. The van der Waals surface area contributed by atoms with Gasteiger partial charge >= 0.3 is 0 Å². The Morgan fingerprint density at radius 3 is 1.40 bits per heavy atom. The number of hydrogen-bond acceptors (Lipinski definition) is 4. The minimum atomic E-state index is 0.163. The van der Waals surface area contributed by atoms with E-state index in [0.29, 0.717) is 11.5 Å². The first-order chi connectivity index (χ1) is 12.1. The number of ketones is 2. The lowest BCUT2D eigenvalue weighted by Gasteiger charge is -2.03. The third-order valence-corrected chi connectivity index (χ3v) is 6.52. The fraction of sp³-hybridized carbons (Fsp3) is 0.263. The zero-order valence-electron chi connectivity index (χ0n) is 13.5. The van der Waals surface area contributed by atoms with Crippen molar-refractivity contribution in [3.05, 3.63) is 68.6 Å². The summed E-state index contributed by atoms with van der Waals surface area (Å²) in [4.78, 5) is 24.1. The first-order valence-corrected chi connectivity index (χ1v) is 11.7.